The molecule has 0 aliphatic carbocycles. The molecule has 0 saturated carbocycles. The van der Waals surface area contributed by atoms with E-state index in [1.165, 1.54) is 6.07 Å². The van der Waals surface area contributed by atoms with Gasteiger partial charge in [-0.25, -0.2) is 9.78 Å². The van der Waals surface area contributed by atoms with Crippen LogP contribution in [0.3, 0.4) is 0 Å². The van der Waals surface area contributed by atoms with Crippen molar-refractivity contribution < 1.29 is 14.3 Å². The van der Waals surface area contributed by atoms with Crippen molar-refractivity contribution in [3.05, 3.63) is 56.3 Å². The second kappa shape index (κ2) is 7.89. The fourth-order valence-electron chi connectivity index (χ4n) is 2.57. The van der Waals surface area contributed by atoms with Gasteiger partial charge < -0.3 is 14.6 Å². The lowest BCUT2D eigenvalue weighted by molar-refractivity contribution is -0.116. The van der Waals surface area contributed by atoms with Gasteiger partial charge in [-0.15, -0.1) is 0 Å². The highest BCUT2D eigenvalue weighted by atomic mass is 35.5. The van der Waals surface area contributed by atoms with Gasteiger partial charge in [0.1, 0.15) is 11.4 Å². The Bertz CT molecular complexity index is 1090. The molecule has 0 atom stereocenters. The van der Waals surface area contributed by atoms with Crippen LogP contribution in [0.4, 0.5) is 5.13 Å². The van der Waals surface area contributed by atoms with Crippen LogP contribution in [0.5, 0.6) is 0 Å². The van der Waals surface area contributed by atoms with Gasteiger partial charge in [0, 0.05) is 22.7 Å². The van der Waals surface area contributed by atoms with Gasteiger partial charge in [0.05, 0.1) is 17.8 Å². The zero-order valence-electron chi connectivity index (χ0n) is 14.6. The monoisotopic (exact) mass is 405 g/mol. The minimum atomic E-state index is -0.462. The lowest BCUT2D eigenvalue weighted by Gasteiger charge is -2.10. The summed E-state index contributed by atoms with van der Waals surface area (Å²) in [5.74, 6) is -0.796. The molecular weight excluding hydrogens is 390 g/mol. The molecule has 1 N–H and O–H groups in total. The van der Waals surface area contributed by atoms with Crippen LogP contribution in [0.15, 0.2) is 35.3 Å². The summed E-state index contributed by atoms with van der Waals surface area (Å²) in [6, 6.07) is 6.31. The van der Waals surface area contributed by atoms with Crippen LogP contribution in [0.25, 0.3) is 10.9 Å². The van der Waals surface area contributed by atoms with E-state index in [9.17, 15) is 14.4 Å². The number of pyridine rings is 1. The number of ether oxygens (including phenoxy) is 1. The maximum absolute atomic E-state index is 12.4. The summed E-state index contributed by atoms with van der Waals surface area (Å²) >= 11 is 7.01. The van der Waals surface area contributed by atoms with E-state index in [4.69, 9.17) is 16.3 Å². The molecule has 140 valence electrons. The highest BCUT2D eigenvalue weighted by Crippen LogP contribution is 2.23. The van der Waals surface area contributed by atoms with E-state index < -0.39 is 5.97 Å². The van der Waals surface area contributed by atoms with Gasteiger partial charge in [-0.3, -0.25) is 9.59 Å². The average molecular weight is 406 g/mol. The maximum atomic E-state index is 12.4. The third-order valence-corrected chi connectivity index (χ3v) is 5.05. The molecule has 0 bridgehead atoms. The molecule has 2 heterocycles. The van der Waals surface area contributed by atoms with Crippen molar-refractivity contribution in [2.24, 2.45) is 0 Å². The number of amides is 1. The van der Waals surface area contributed by atoms with Crippen molar-refractivity contribution in [2.45, 2.75) is 20.4 Å². The van der Waals surface area contributed by atoms with E-state index in [1.807, 2.05) is 0 Å². The molecule has 27 heavy (non-hydrogen) atoms. The molecule has 7 nitrogen and oxygen atoms in total. The zero-order valence-corrected chi connectivity index (χ0v) is 16.2. The first-order valence-electron chi connectivity index (χ1n) is 8.12. The van der Waals surface area contributed by atoms with E-state index in [-0.39, 0.29) is 24.5 Å². The Balaban J connectivity index is 1.80. The van der Waals surface area contributed by atoms with Crippen molar-refractivity contribution in [1.29, 1.82) is 0 Å². The number of hydrogen-bond acceptors (Lipinski definition) is 6. The minimum absolute atomic E-state index is 0.0220. The topological polar surface area (TPSA) is 90.3 Å². The van der Waals surface area contributed by atoms with Gasteiger partial charge in [-0.1, -0.05) is 22.9 Å². The van der Waals surface area contributed by atoms with Gasteiger partial charge in [-0.2, -0.15) is 0 Å². The number of aromatic nitrogens is 2. The maximum Gasteiger partial charge on any atom is 0.350 e. The number of carbonyl (C=O) groups is 2. The molecule has 0 unspecified atom stereocenters. The molecule has 0 saturated heterocycles. The highest BCUT2D eigenvalue weighted by Gasteiger charge is 2.17. The first-order chi connectivity index (χ1) is 12.9. The average Bonchev–Trinajstić information content (AvgIpc) is 2.98. The lowest BCUT2D eigenvalue weighted by Crippen LogP contribution is -2.20. The molecule has 0 spiro atoms. The summed E-state index contributed by atoms with van der Waals surface area (Å²) in [4.78, 5) is 40.8. The van der Waals surface area contributed by atoms with E-state index in [1.54, 1.807) is 42.8 Å². The molecule has 0 fully saturated rings. The minimum Gasteiger partial charge on any atom is -0.462 e. The number of rotatable bonds is 5. The standard InChI is InChI=1S/C18H16ClN3O4S/c1-3-26-17(25)16-10(2)20-18(27-16)21-15(24)9-22-7-6-14(23)12-8-11(19)4-5-13(12)22/h4-8H,3,9H2,1-2H3,(H,20,21,24). The van der Waals surface area contributed by atoms with Crippen molar-refractivity contribution in [3.63, 3.8) is 0 Å². The summed E-state index contributed by atoms with van der Waals surface area (Å²) in [7, 11) is 0. The number of halogens is 1. The van der Waals surface area contributed by atoms with Crippen molar-refractivity contribution in [3.8, 4) is 0 Å². The number of aryl methyl sites for hydroxylation is 1. The second-order valence-corrected chi connectivity index (χ2v) is 7.11. The summed E-state index contributed by atoms with van der Waals surface area (Å²) in [5.41, 5.74) is 0.931. The Morgan fingerprint density at radius 1 is 1.33 bits per heavy atom. The molecule has 0 aliphatic rings. The van der Waals surface area contributed by atoms with E-state index in [0.29, 0.717) is 31.6 Å². The zero-order chi connectivity index (χ0) is 19.6. The predicted molar refractivity (Wildman–Crippen MR) is 105 cm³/mol. The number of nitrogens with zero attached hydrogens (tertiary/aromatic N) is 2. The highest BCUT2D eigenvalue weighted by molar-refractivity contribution is 7.17. The number of benzene rings is 1. The largest absolute Gasteiger partial charge is 0.462 e. The van der Waals surface area contributed by atoms with Gasteiger partial charge in [0.25, 0.3) is 0 Å². The van der Waals surface area contributed by atoms with Crippen molar-refractivity contribution in [2.75, 3.05) is 11.9 Å². The lowest BCUT2D eigenvalue weighted by atomic mass is 10.2. The number of hydrogen-bond donors (Lipinski definition) is 1. The first kappa shape index (κ1) is 19.1. The number of anilines is 1. The Morgan fingerprint density at radius 2 is 2.11 bits per heavy atom. The summed E-state index contributed by atoms with van der Waals surface area (Å²) in [6.45, 7) is 3.64. The van der Waals surface area contributed by atoms with Gasteiger partial charge in [0.15, 0.2) is 10.6 Å². The molecule has 1 amide bonds. The normalized spacial score (nSPS) is 10.8. The SMILES string of the molecule is CCOC(=O)c1sc(NC(=O)Cn2ccc(=O)c3cc(Cl)ccc32)nc1C. The first-order valence-corrected chi connectivity index (χ1v) is 9.31. The number of fused-ring (bicyclic) bond motifs is 1. The van der Waals surface area contributed by atoms with Crippen molar-refractivity contribution >= 4 is 50.8 Å². The third kappa shape index (κ3) is 4.17. The summed E-state index contributed by atoms with van der Waals surface area (Å²) in [5, 5.41) is 3.88. The van der Waals surface area contributed by atoms with E-state index in [0.717, 1.165) is 11.3 Å². The van der Waals surface area contributed by atoms with Gasteiger partial charge in [0.2, 0.25) is 5.91 Å². The smallest absolute Gasteiger partial charge is 0.350 e. The van der Waals surface area contributed by atoms with Gasteiger partial charge >= 0.3 is 5.97 Å². The van der Waals surface area contributed by atoms with Crippen LogP contribution < -0.4 is 10.7 Å². The molecular formula is C18H16ClN3O4S. The molecule has 3 rings (SSSR count). The Labute approximate surface area is 163 Å². The number of carbonyl (C=O) groups excluding carboxylic acids is 2. The molecule has 0 aliphatic heterocycles. The van der Waals surface area contributed by atoms with Gasteiger partial charge in [-0.05, 0) is 32.0 Å². The molecule has 3 aromatic rings. The van der Waals surface area contributed by atoms with Crippen LogP contribution in [0.1, 0.15) is 22.3 Å². The summed E-state index contributed by atoms with van der Waals surface area (Å²) in [6.07, 6.45) is 1.55. The number of esters is 1. The molecule has 0 radical (unpaired) electrons. The van der Waals surface area contributed by atoms with Crippen LogP contribution in [0.2, 0.25) is 5.02 Å². The number of nitrogens with one attached hydrogen (secondary N) is 1. The quantitative estimate of drug-likeness (QED) is 0.658. The Kier molecular flexibility index (Phi) is 5.57. The van der Waals surface area contributed by atoms with E-state index >= 15 is 0 Å². The fraction of sp³-hybridized carbons (Fsp3) is 0.222. The fourth-order valence-corrected chi connectivity index (χ4v) is 3.62. The van der Waals surface area contributed by atoms with Crippen LogP contribution >= 0.6 is 22.9 Å². The summed E-state index contributed by atoms with van der Waals surface area (Å²) < 4.78 is 6.61. The van der Waals surface area contributed by atoms with Crippen LogP contribution in [-0.2, 0) is 16.1 Å². The van der Waals surface area contributed by atoms with Crippen molar-refractivity contribution in [1.82, 2.24) is 9.55 Å². The Hall–Kier alpha value is -2.71. The second-order valence-electron chi connectivity index (χ2n) is 5.67. The Morgan fingerprint density at radius 3 is 2.85 bits per heavy atom. The number of thiazole rings is 1. The molecule has 9 heteroatoms. The van der Waals surface area contributed by atoms with E-state index in [2.05, 4.69) is 10.3 Å². The van der Waals surface area contributed by atoms with Crippen LogP contribution in [0, 0.1) is 6.92 Å². The molecule has 2 aromatic heterocycles. The van der Waals surface area contributed by atoms with Crippen LogP contribution in [-0.4, -0.2) is 28.0 Å². The predicted octanol–water partition coefficient (Wildman–Crippen LogP) is 3.24. The molecule has 1 aromatic carbocycles. The third-order valence-electron chi connectivity index (χ3n) is 3.76.